The Balaban J connectivity index is 2.35. The van der Waals surface area contributed by atoms with Gasteiger partial charge in [0.05, 0.1) is 0 Å². The van der Waals surface area contributed by atoms with Crippen molar-refractivity contribution in [3.8, 4) is 0 Å². The van der Waals surface area contributed by atoms with E-state index in [0.29, 0.717) is 6.04 Å². The SMILES string of the molecule is CCCCCCCC(Cc1cccc(Br)c1)NCC. The van der Waals surface area contributed by atoms with Crippen molar-refractivity contribution in [2.45, 2.75) is 64.8 Å². The molecule has 0 saturated carbocycles. The number of hydrogen-bond acceptors (Lipinski definition) is 1. The number of hydrogen-bond donors (Lipinski definition) is 1. The zero-order chi connectivity index (χ0) is 13.9. The number of nitrogens with one attached hydrogen (secondary N) is 1. The van der Waals surface area contributed by atoms with Crippen molar-refractivity contribution in [3.63, 3.8) is 0 Å². The van der Waals surface area contributed by atoms with Gasteiger partial charge in [-0.2, -0.15) is 0 Å². The molecule has 2 heteroatoms. The molecule has 1 atom stereocenters. The molecule has 19 heavy (non-hydrogen) atoms. The Morgan fingerprint density at radius 2 is 1.89 bits per heavy atom. The van der Waals surface area contributed by atoms with E-state index in [1.807, 2.05) is 0 Å². The highest BCUT2D eigenvalue weighted by Gasteiger charge is 2.08. The lowest BCUT2D eigenvalue weighted by atomic mass is 10.00. The summed E-state index contributed by atoms with van der Waals surface area (Å²) in [6, 6.07) is 9.31. The van der Waals surface area contributed by atoms with E-state index in [2.05, 4.69) is 59.4 Å². The molecule has 0 radical (unpaired) electrons. The van der Waals surface area contributed by atoms with Crippen molar-refractivity contribution < 1.29 is 0 Å². The van der Waals surface area contributed by atoms with E-state index in [4.69, 9.17) is 0 Å². The van der Waals surface area contributed by atoms with E-state index in [0.717, 1.165) is 13.0 Å². The minimum atomic E-state index is 0.626. The lowest BCUT2D eigenvalue weighted by Gasteiger charge is -2.18. The van der Waals surface area contributed by atoms with Crippen LogP contribution in [0.5, 0.6) is 0 Å². The molecule has 108 valence electrons. The van der Waals surface area contributed by atoms with E-state index >= 15 is 0 Å². The number of rotatable bonds is 10. The minimum Gasteiger partial charge on any atom is -0.314 e. The predicted octanol–water partition coefficient (Wildman–Crippen LogP) is 5.33. The first-order valence-corrected chi connectivity index (χ1v) is 8.53. The average molecular weight is 326 g/mol. The van der Waals surface area contributed by atoms with Crippen LogP contribution >= 0.6 is 15.9 Å². The van der Waals surface area contributed by atoms with Crippen LogP contribution in [0, 0.1) is 0 Å². The van der Waals surface area contributed by atoms with Crippen LogP contribution in [-0.2, 0) is 6.42 Å². The van der Waals surface area contributed by atoms with Crippen molar-refractivity contribution in [1.29, 1.82) is 0 Å². The Hall–Kier alpha value is -0.340. The predicted molar refractivity (Wildman–Crippen MR) is 88.7 cm³/mol. The summed E-state index contributed by atoms with van der Waals surface area (Å²) in [5.74, 6) is 0. The van der Waals surface area contributed by atoms with E-state index in [-0.39, 0.29) is 0 Å². The van der Waals surface area contributed by atoms with Crippen LogP contribution in [0.15, 0.2) is 28.7 Å². The maximum atomic E-state index is 3.63. The first-order valence-electron chi connectivity index (χ1n) is 7.74. The number of halogens is 1. The summed E-state index contributed by atoms with van der Waals surface area (Å²) in [4.78, 5) is 0. The minimum absolute atomic E-state index is 0.626. The van der Waals surface area contributed by atoms with Crippen LogP contribution in [0.2, 0.25) is 0 Å². The monoisotopic (exact) mass is 325 g/mol. The molecule has 1 aromatic rings. The second-order valence-corrected chi connectivity index (χ2v) is 6.21. The van der Waals surface area contributed by atoms with Gasteiger partial charge >= 0.3 is 0 Å². The third kappa shape index (κ3) is 7.74. The van der Waals surface area contributed by atoms with Gasteiger partial charge in [0.1, 0.15) is 0 Å². The van der Waals surface area contributed by atoms with Crippen molar-refractivity contribution in [2.75, 3.05) is 6.54 Å². The Bertz CT molecular complexity index is 338. The van der Waals surface area contributed by atoms with Gasteiger partial charge in [-0.25, -0.2) is 0 Å². The Morgan fingerprint density at radius 1 is 1.11 bits per heavy atom. The third-order valence-electron chi connectivity index (χ3n) is 3.52. The van der Waals surface area contributed by atoms with Crippen LogP contribution in [0.25, 0.3) is 0 Å². The molecule has 0 bridgehead atoms. The summed E-state index contributed by atoms with van der Waals surface area (Å²) >= 11 is 3.55. The van der Waals surface area contributed by atoms with Crippen molar-refractivity contribution >= 4 is 15.9 Å². The van der Waals surface area contributed by atoms with Gasteiger partial charge in [0.2, 0.25) is 0 Å². The molecule has 0 aromatic heterocycles. The molecule has 1 aromatic carbocycles. The number of benzene rings is 1. The normalized spacial score (nSPS) is 12.6. The summed E-state index contributed by atoms with van der Waals surface area (Å²) < 4.78 is 1.18. The van der Waals surface area contributed by atoms with E-state index in [1.165, 1.54) is 48.6 Å². The standard InChI is InChI=1S/C17H28BrN/c1-3-5-6-7-8-12-17(19-4-2)14-15-10-9-11-16(18)13-15/h9-11,13,17,19H,3-8,12,14H2,1-2H3. The summed E-state index contributed by atoms with van der Waals surface area (Å²) in [5.41, 5.74) is 1.42. The number of unbranched alkanes of at least 4 members (excludes halogenated alkanes) is 4. The van der Waals surface area contributed by atoms with Gasteiger partial charge in [-0.1, -0.05) is 74.0 Å². The first-order chi connectivity index (χ1) is 9.26. The molecule has 1 N–H and O–H groups in total. The van der Waals surface area contributed by atoms with Crippen LogP contribution in [0.4, 0.5) is 0 Å². The second kappa shape index (κ2) is 10.4. The zero-order valence-corrected chi connectivity index (χ0v) is 14.0. The zero-order valence-electron chi connectivity index (χ0n) is 12.4. The molecule has 1 nitrogen and oxygen atoms in total. The first kappa shape index (κ1) is 16.7. The summed E-state index contributed by atoms with van der Waals surface area (Å²) in [6.07, 6.45) is 9.28. The lowest BCUT2D eigenvalue weighted by molar-refractivity contribution is 0.461. The molecular weight excluding hydrogens is 298 g/mol. The van der Waals surface area contributed by atoms with Gasteiger partial charge in [0.15, 0.2) is 0 Å². The molecule has 0 aliphatic heterocycles. The fourth-order valence-corrected chi connectivity index (χ4v) is 2.95. The van der Waals surface area contributed by atoms with Crippen LogP contribution in [0.3, 0.4) is 0 Å². The van der Waals surface area contributed by atoms with Crippen LogP contribution in [-0.4, -0.2) is 12.6 Å². The van der Waals surface area contributed by atoms with Crippen molar-refractivity contribution in [1.82, 2.24) is 5.32 Å². The maximum Gasteiger partial charge on any atom is 0.0178 e. The van der Waals surface area contributed by atoms with E-state index < -0.39 is 0 Å². The van der Waals surface area contributed by atoms with Gasteiger partial charge in [-0.3, -0.25) is 0 Å². The van der Waals surface area contributed by atoms with Gasteiger partial charge in [0.25, 0.3) is 0 Å². The molecule has 1 unspecified atom stereocenters. The Kier molecular flexibility index (Phi) is 9.19. The molecule has 0 aliphatic rings. The summed E-state index contributed by atoms with van der Waals surface area (Å²) in [6.45, 7) is 5.54. The van der Waals surface area contributed by atoms with Crippen LogP contribution < -0.4 is 5.32 Å². The fourth-order valence-electron chi connectivity index (χ4n) is 2.51. The smallest absolute Gasteiger partial charge is 0.0178 e. The highest BCUT2D eigenvalue weighted by Crippen LogP contribution is 2.15. The highest BCUT2D eigenvalue weighted by molar-refractivity contribution is 9.10. The van der Waals surface area contributed by atoms with Gasteiger partial charge in [-0.15, -0.1) is 0 Å². The van der Waals surface area contributed by atoms with Gasteiger partial charge in [0, 0.05) is 10.5 Å². The largest absolute Gasteiger partial charge is 0.314 e. The molecular formula is C17H28BrN. The quantitative estimate of drug-likeness (QED) is 0.573. The topological polar surface area (TPSA) is 12.0 Å². The van der Waals surface area contributed by atoms with Crippen molar-refractivity contribution in [2.24, 2.45) is 0 Å². The molecule has 0 spiro atoms. The number of likely N-dealkylation sites (N-methyl/N-ethyl adjacent to an activating group) is 1. The molecule has 1 rings (SSSR count). The fraction of sp³-hybridized carbons (Fsp3) is 0.647. The molecule has 0 heterocycles. The lowest BCUT2D eigenvalue weighted by Crippen LogP contribution is -2.30. The molecule has 0 fully saturated rings. The maximum absolute atomic E-state index is 3.63. The summed E-state index contributed by atoms with van der Waals surface area (Å²) in [5, 5.41) is 3.63. The third-order valence-corrected chi connectivity index (χ3v) is 4.01. The molecule has 0 saturated heterocycles. The Labute approximate surface area is 127 Å². The highest BCUT2D eigenvalue weighted by atomic mass is 79.9. The van der Waals surface area contributed by atoms with E-state index in [1.54, 1.807) is 0 Å². The molecule has 0 amide bonds. The van der Waals surface area contributed by atoms with Gasteiger partial charge < -0.3 is 5.32 Å². The molecule has 0 aliphatic carbocycles. The second-order valence-electron chi connectivity index (χ2n) is 5.29. The van der Waals surface area contributed by atoms with Gasteiger partial charge in [-0.05, 0) is 37.1 Å². The summed E-state index contributed by atoms with van der Waals surface area (Å²) in [7, 11) is 0. The average Bonchev–Trinajstić information content (AvgIpc) is 2.38. The van der Waals surface area contributed by atoms with E-state index in [9.17, 15) is 0 Å². The van der Waals surface area contributed by atoms with Crippen molar-refractivity contribution in [3.05, 3.63) is 34.3 Å². The Morgan fingerprint density at radius 3 is 2.58 bits per heavy atom. The van der Waals surface area contributed by atoms with Crippen LogP contribution in [0.1, 0.15) is 57.9 Å².